The van der Waals surface area contributed by atoms with Crippen LogP contribution in [0.5, 0.6) is 0 Å². The molecule has 0 aromatic heterocycles. The van der Waals surface area contributed by atoms with E-state index in [1.54, 1.807) is 20.8 Å². The molecule has 1 heterocycles. The Bertz CT molecular complexity index is 725. The van der Waals surface area contributed by atoms with Gasteiger partial charge in [-0.25, -0.2) is 13.6 Å². The Labute approximate surface area is 168 Å². The molecule has 2 rings (SSSR count). The fourth-order valence-corrected chi connectivity index (χ4v) is 4.42. The van der Waals surface area contributed by atoms with Gasteiger partial charge in [0.25, 0.3) is 0 Å². The SMILES string of the molecule is CC(C)(C)OC(=O)N1C[C@H](O[Si](C)(C)C(C)(C)C)CC1c1cc(F)ccc1F. The molecule has 1 amide bonds. The highest BCUT2D eigenvalue weighted by molar-refractivity contribution is 6.74. The molecule has 158 valence electrons. The number of ether oxygens (including phenoxy) is 1. The summed E-state index contributed by atoms with van der Waals surface area (Å²) < 4.78 is 40.3. The number of amides is 1. The van der Waals surface area contributed by atoms with Crippen LogP contribution in [-0.2, 0) is 9.16 Å². The van der Waals surface area contributed by atoms with Crippen molar-refractivity contribution >= 4 is 14.4 Å². The fourth-order valence-electron chi connectivity index (χ4n) is 3.06. The van der Waals surface area contributed by atoms with E-state index in [2.05, 4.69) is 33.9 Å². The molecular formula is C21H33F2NO3Si. The van der Waals surface area contributed by atoms with Crippen LogP contribution in [0.2, 0.25) is 18.1 Å². The van der Waals surface area contributed by atoms with Crippen LogP contribution in [0.3, 0.4) is 0 Å². The Hall–Kier alpha value is -1.47. The van der Waals surface area contributed by atoms with Crippen LogP contribution in [0.4, 0.5) is 13.6 Å². The van der Waals surface area contributed by atoms with Gasteiger partial charge >= 0.3 is 6.09 Å². The van der Waals surface area contributed by atoms with E-state index in [0.717, 1.165) is 18.2 Å². The molecule has 28 heavy (non-hydrogen) atoms. The first-order valence-electron chi connectivity index (χ1n) is 9.73. The van der Waals surface area contributed by atoms with Gasteiger partial charge in [-0.15, -0.1) is 0 Å². The third kappa shape index (κ3) is 5.32. The minimum Gasteiger partial charge on any atom is -0.444 e. The molecule has 0 saturated carbocycles. The quantitative estimate of drug-likeness (QED) is 0.567. The summed E-state index contributed by atoms with van der Waals surface area (Å²) in [6.45, 7) is 16.3. The molecule has 0 N–H and O–H groups in total. The van der Waals surface area contributed by atoms with Crippen molar-refractivity contribution in [2.75, 3.05) is 6.54 Å². The zero-order chi connectivity index (χ0) is 21.5. The topological polar surface area (TPSA) is 38.8 Å². The number of carbonyl (C=O) groups is 1. The zero-order valence-electron chi connectivity index (χ0n) is 18.2. The van der Waals surface area contributed by atoms with Crippen molar-refractivity contribution in [1.82, 2.24) is 4.90 Å². The third-order valence-corrected chi connectivity index (χ3v) is 10.0. The summed E-state index contributed by atoms with van der Waals surface area (Å²) in [7, 11) is -2.08. The Morgan fingerprint density at radius 3 is 2.29 bits per heavy atom. The van der Waals surface area contributed by atoms with E-state index in [9.17, 15) is 13.6 Å². The number of hydrogen-bond donors (Lipinski definition) is 0. The summed E-state index contributed by atoms with van der Waals surface area (Å²) in [5.41, 5.74) is -0.521. The highest BCUT2D eigenvalue weighted by Crippen LogP contribution is 2.42. The summed E-state index contributed by atoms with van der Waals surface area (Å²) in [6.07, 6.45) is -0.380. The fraction of sp³-hybridized carbons (Fsp3) is 0.667. The van der Waals surface area contributed by atoms with E-state index in [0.29, 0.717) is 13.0 Å². The monoisotopic (exact) mass is 413 g/mol. The maximum Gasteiger partial charge on any atom is 0.410 e. The molecule has 1 saturated heterocycles. The smallest absolute Gasteiger partial charge is 0.410 e. The lowest BCUT2D eigenvalue weighted by atomic mass is 10.0. The van der Waals surface area contributed by atoms with E-state index in [4.69, 9.17) is 9.16 Å². The van der Waals surface area contributed by atoms with Crippen molar-refractivity contribution in [3.63, 3.8) is 0 Å². The molecule has 1 aromatic carbocycles. The largest absolute Gasteiger partial charge is 0.444 e. The number of nitrogens with zero attached hydrogens (tertiary/aromatic N) is 1. The van der Waals surface area contributed by atoms with Crippen LogP contribution < -0.4 is 0 Å². The van der Waals surface area contributed by atoms with Gasteiger partial charge in [0.05, 0.1) is 12.1 Å². The zero-order valence-corrected chi connectivity index (χ0v) is 19.2. The summed E-state index contributed by atoms with van der Waals surface area (Å²) in [6, 6.07) is 2.71. The molecule has 0 bridgehead atoms. The number of benzene rings is 1. The second-order valence-corrected chi connectivity index (χ2v) is 14.8. The molecule has 0 spiro atoms. The summed E-state index contributed by atoms with van der Waals surface area (Å²) in [5, 5.41) is 0.00589. The Kier molecular flexibility index (Phi) is 6.31. The second-order valence-electron chi connectivity index (χ2n) is 10.1. The molecule has 0 radical (unpaired) electrons. The third-order valence-electron chi connectivity index (χ3n) is 5.48. The van der Waals surface area contributed by atoms with Crippen molar-refractivity contribution in [3.05, 3.63) is 35.4 Å². The molecule has 1 aliphatic heterocycles. The summed E-state index contributed by atoms with van der Waals surface area (Å²) >= 11 is 0. The Morgan fingerprint density at radius 2 is 1.75 bits per heavy atom. The average molecular weight is 414 g/mol. The van der Waals surface area contributed by atoms with Crippen LogP contribution >= 0.6 is 0 Å². The number of halogens is 2. The van der Waals surface area contributed by atoms with Crippen LogP contribution in [0.15, 0.2) is 18.2 Å². The first-order valence-corrected chi connectivity index (χ1v) is 12.6. The van der Waals surface area contributed by atoms with Gasteiger partial charge in [0.2, 0.25) is 0 Å². The summed E-state index contributed by atoms with van der Waals surface area (Å²) in [5.74, 6) is -1.07. The van der Waals surface area contributed by atoms with Crippen molar-refractivity contribution in [2.45, 2.75) is 83.8 Å². The van der Waals surface area contributed by atoms with Crippen LogP contribution in [0.1, 0.15) is 59.6 Å². The maximum absolute atomic E-state index is 14.5. The first kappa shape index (κ1) is 22.8. The summed E-state index contributed by atoms with van der Waals surface area (Å²) in [4.78, 5) is 14.3. The molecule has 1 unspecified atom stereocenters. The van der Waals surface area contributed by atoms with Gasteiger partial charge in [-0.3, -0.25) is 4.90 Å². The van der Waals surface area contributed by atoms with Crippen molar-refractivity contribution in [3.8, 4) is 0 Å². The highest BCUT2D eigenvalue weighted by atomic mass is 28.4. The van der Waals surface area contributed by atoms with E-state index in [-0.39, 0.29) is 16.7 Å². The maximum atomic E-state index is 14.5. The Morgan fingerprint density at radius 1 is 1.14 bits per heavy atom. The van der Waals surface area contributed by atoms with Crippen LogP contribution in [-0.4, -0.2) is 37.6 Å². The number of likely N-dealkylation sites (tertiary alicyclic amines) is 1. The van der Waals surface area contributed by atoms with Gasteiger partial charge in [0.1, 0.15) is 17.2 Å². The lowest BCUT2D eigenvalue weighted by Crippen LogP contribution is -2.45. The second kappa shape index (κ2) is 7.75. The average Bonchev–Trinajstić information content (AvgIpc) is 2.90. The van der Waals surface area contributed by atoms with Gasteiger partial charge in [-0.1, -0.05) is 20.8 Å². The molecule has 7 heteroatoms. The molecule has 0 aliphatic carbocycles. The minimum atomic E-state index is -2.08. The van der Waals surface area contributed by atoms with E-state index < -0.39 is 37.7 Å². The number of hydrogen-bond acceptors (Lipinski definition) is 3. The van der Waals surface area contributed by atoms with Crippen molar-refractivity contribution in [1.29, 1.82) is 0 Å². The van der Waals surface area contributed by atoms with Gasteiger partial charge in [-0.2, -0.15) is 0 Å². The van der Waals surface area contributed by atoms with Crippen LogP contribution in [0.25, 0.3) is 0 Å². The molecule has 1 fully saturated rings. The molecule has 1 aliphatic rings. The van der Waals surface area contributed by atoms with Gasteiger partial charge in [0.15, 0.2) is 8.32 Å². The molecule has 4 nitrogen and oxygen atoms in total. The predicted octanol–water partition coefficient (Wildman–Crippen LogP) is 6.04. The molecular weight excluding hydrogens is 380 g/mol. The van der Waals surface area contributed by atoms with E-state index in [1.807, 2.05) is 0 Å². The highest BCUT2D eigenvalue weighted by Gasteiger charge is 2.45. The number of rotatable bonds is 3. The first-order chi connectivity index (χ1) is 12.6. The van der Waals surface area contributed by atoms with Crippen LogP contribution in [0, 0.1) is 11.6 Å². The van der Waals surface area contributed by atoms with Crippen molar-refractivity contribution < 1.29 is 22.7 Å². The predicted molar refractivity (Wildman–Crippen MR) is 109 cm³/mol. The normalized spacial score (nSPS) is 21.1. The lowest BCUT2D eigenvalue weighted by Gasteiger charge is -2.38. The van der Waals surface area contributed by atoms with Crippen molar-refractivity contribution in [2.24, 2.45) is 0 Å². The van der Waals surface area contributed by atoms with Gasteiger partial charge < -0.3 is 9.16 Å². The van der Waals surface area contributed by atoms with Gasteiger partial charge in [0, 0.05) is 12.1 Å². The molecule has 2 atom stereocenters. The minimum absolute atomic E-state index is 0.00589. The van der Waals surface area contributed by atoms with E-state index in [1.165, 1.54) is 4.90 Å². The van der Waals surface area contributed by atoms with Gasteiger partial charge in [-0.05, 0) is 63.5 Å². The van der Waals surface area contributed by atoms with E-state index >= 15 is 0 Å². The number of carbonyl (C=O) groups excluding carboxylic acids is 1. The lowest BCUT2D eigenvalue weighted by molar-refractivity contribution is 0.0206. The molecule has 1 aromatic rings. The Balaban J connectivity index is 2.34. The standard InChI is InChI=1S/C21H33F2NO3Si/c1-20(2,3)26-19(25)24-13-15(27-28(7,8)21(4,5)6)12-18(24)16-11-14(22)9-10-17(16)23/h9-11,15,18H,12-13H2,1-8H3/t15-,18?/m1/s1.